The lowest BCUT2D eigenvalue weighted by atomic mass is 10.3. The van der Waals surface area contributed by atoms with Crippen LogP contribution in [0.5, 0.6) is 0 Å². The number of nitrogens with zero attached hydrogens (tertiary/aromatic N) is 3. The smallest absolute Gasteiger partial charge is 0.311 e. The lowest BCUT2D eigenvalue weighted by Crippen LogP contribution is -2.09. The number of carbonyl (C=O) groups excluding carboxylic acids is 1. The van der Waals surface area contributed by atoms with Gasteiger partial charge in [0.15, 0.2) is 5.13 Å². The highest BCUT2D eigenvalue weighted by molar-refractivity contribution is 7.13. The second-order valence-corrected chi connectivity index (χ2v) is 4.72. The quantitative estimate of drug-likeness (QED) is 0.780. The minimum absolute atomic E-state index is 0.0240. The van der Waals surface area contributed by atoms with Crippen LogP contribution in [0, 0.1) is 0 Å². The molecule has 0 aliphatic carbocycles. The van der Waals surface area contributed by atoms with Gasteiger partial charge in [-0.15, -0.1) is 11.3 Å². The summed E-state index contributed by atoms with van der Waals surface area (Å²) in [7, 11) is 0. The number of rotatable bonds is 6. The van der Waals surface area contributed by atoms with Gasteiger partial charge in [-0.3, -0.25) is 9.89 Å². The number of carbonyl (C=O) groups is 1. The number of H-pyrrole nitrogens is 1. The molecule has 2 rings (SSSR count). The Hall–Kier alpha value is -1.96. The molecule has 0 saturated carbocycles. The summed E-state index contributed by atoms with van der Waals surface area (Å²) in [4.78, 5) is 19.7. The van der Waals surface area contributed by atoms with Crippen LogP contribution >= 0.6 is 11.3 Å². The third-order valence-corrected chi connectivity index (χ3v) is 3.19. The van der Waals surface area contributed by atoms with E-state index < -0.39 is 0 Å². The van der Waals surface area contributed by atoms with Gasteiger partial charge in [0.1, 0.15) is 12.2 Å². The van der Waals surface area contributed by atoms with Crippen molar-refractivity contribution in [3.63, 3.8) is 0 Å². The second kappa shape index (κ2) is 6.28. The van der Waals surface area contributed by atoms with Crippen LogP contribution in [-0.4, -0.2) is 32.7 Å². The maximum atomic E-state index is 11.3. The van der Waals surface area contributed by atoms with Crippen LogP contribution in [-0.2, 0) is 16.0 Å². The number of esters is 1. The first-order valence-electron chi connectivity index (χ1n) is 5.91. The number of hydrogen-bond donors (Lipinski definition) is 2. The molecule has 2 aromatic rings. The number of nitrogens with one attached hydrogen (secondary N) is 2. The van der Waals surface area contributed by atoms with Crippen molar-refractivity contribution in [2.24, 2.45) is 0 Å². The van der Waals surface area contributed by atoms with Crippen LogP contribution < -0.4 is 5.32 Å². The van der Waals surface area contributed by atoms with Crippen molar-refractivity contribution in [1.29, 1.82) is 0 Å². The average molecular weight is 281 g/mol. The number of ether oxygens (including phenoxy) is 1. The highest BCUT2D eigenvalue weighted by Crippen LogP contribution is 2.20. The monoisotopic (exact) mass is 281 g/mol. The summed E-state index contributed by atoms with van der Waals surface area (Å²) in [6.07, 6.45) is 1.66. The van der Waals surface area contributed by atoms with Crippen molar-refractivity contribution in [2.45, 2.75) is 26.3 Å². The number of hydrogen-bond acceptors (Lipinski definition) is 7. The van der Waals surface area contributed by atoms with Crippen molar-refractivity contribution in [1.82, 2.24) is 20.2 Å². The molecule has 102 valence electrons. The van der Waals surface area contributed by atoms with E-state index in [1.165, 1.54) is 17.7 Å². The fraction of sp³-hybridized carbons (Fsp3) is 0.455. The SMILES string of the molecule is CCOC(=O)Cc1csc(NC(C)c2ncn[nH]2)n1. The van der Waals surface area contributed by atoms with Gasteiger partial charge in [0.25, 0.3) is 0 Å². The number of thiazole rings is 1. The van der Waals surface area contributed by atoms with E-state index in [-0.39, 0.29) is 18.4 Å². The molecule has 0 aliphatic heterocycles. The van der Waals surface area contributed by atoms with E-state index in [9.17, 15) is 4.79 Å². The Bertz CT molecular complexity index is 525. The fourth-order valence-corrected chi connectivity index (χ4v) is 2.29. The van der Waals surface area contributed by atoms with Gasteiger partial charge in [0.05, 0.1) is 24.8 Å². The zero-order valence-corrected chi connectivity index (χ0v) is 11.5. The number of anilines is 1. The summed E-state index contributed by atoms with van der Waals surface area (Å²) in [6, 6.07) is -0.0240. The summed E-state index contributed by atoms with van der Waals surface area (Å²) in [5.74, 6) is 0.477. The first kappa shape index (κ1) is 13.5. The molecule has 0 saturated heterocycles. The molecule has 2 heterocycles. The van der Waals surface area contributed by atoms with Crippen molar-refractivity contribution < 1.29 is 9.53 Å². The Morgan fingerprint density at radius 2 is 2.47 bits per heavy atom. The number of aromatic nitrogens is 4. The zero-order valence-electron chi connectivity index (χ0n) is 10.7. The summed E-state index contributed by atoms with van der Waals surface area (Å²) >= 11 is 1.44. The predicted molar refractivity (Wildman–Crippen MR) is 70.9 cm³/mol. The molecule has 0 aromatic carbocycles. The molecule has 0 spiro atoms. The first-order valence-corrected chi connectivity index (χ1v) is 6.78. The average Bonchev–Trinajstić information content (AvgIpc) is 3.00. The fourth-order valence-electron chi connectivity index (χ4n) is 1.49. The van der Waals surface area contributed by atoms with Crippen LogP contribution in [0.2, 0.25) is 0 Å². The molecule has 7 nitrogen and oxygen atoms in total. The molecule has 8 heteroatoms. The van der Waals surface area contributed by atoms with Crippen LogP contribution in [0.4, 0.5) is 5.13 Å². The van der Waals surface area contributed by atoms with Gasteiger partial charge in [-0.2, -0.15) is 5.10 Å². The topological polar surface area (TPSA) is 92.8 Å². The van der Waals surface area contributed by atoms with Gasteiger partial charge in [0, 0.05) is 5.38 Å². The zero-order chi connectivity index (χ0) is 13.7. The molecule has 1 unspecified atom stereocenters. The Kier molecular flexibility index (Phi) is 4.45. The predicted octanol–water partition coefficient (Wildman–Crippen LogP) is 1.54. The van der Waals surface area contributed by atoms with Crippen LogP contribution in [0.15, 0.2) is 11.7 Å². The van der Waals surface area contributed by atoms with Gasteiger partial charge in [-0.1, -0.05) is 0 Å². The number of aromatic amines is 1. The van der Waals surface area contributed by atoms with E-state index in [0.29, 0.717) is 12.3 Å². The van der Waals surface area contributed by atoms with E-state index in [1.54, 1.807) is 6.92 Å². The van der Waals surface area contributed by atoms with Crippen molar-refractivity contribution >= 4 is 22.4 Å². The van der Waals surface area contributed by atoms with Crippen LogP contribution in [0.3, 0.4) is 0 Å². The standard InChI is InChI=1S/C11H15N5O2S/c1-3-18-9(17)4-8-5-19-11(15-8)14-7(2)10-12-6-13-16-10/h5-7H,3-4H2,1-2H3,(H,14,15)(H,12,13,16). The molecule has 19 heavy (non-hydrogen) atoms. The van der Waals surface area contributed by atoms with Gasteiger partial charge < -0.3 is 10.1 Å². The van der Waals surface area contributed by atoms with Crippen LogP contribution in [0.1, 0.15) is 31.4 Å². The molecular weight excluding hydrogens is 266 g/mol. The Morgan fingerprint density at radius 3 is 3.16 bits per heavy atom. The molecule has 0 amide bonds. The van der Waals surface area contributed by atoms with Crippen LogP contribution in [0.25, 0.3) is 0 Å². The molecule has 2 N–H and O–H groups in total. The Balaban J connectivity index is 1.92. The minimum Gasteiger partial charge on any atom is -0.466 e. The summed E-state index contributed by atoms with van der Waals surface area (Å²) in [5.41, 5.74) is 0.704. The van der Waals surface area contributed by atoms with E-state index in [2.05, 4.69) is 25.5 Å². The Labute approximate surface area is 114 Å². The summed E-state index contributed by atoms with van der Waals surface area (Å²) < 4.78 is 4.88. The molecular formula is C11H15N5O2S. The lowest BCUT2D eigenvalue weighted by molar-refractivity contribution is -0.142. The molecule has 0 radical (unpaired) electrons. The summed E-state index contributed by atoms with van der Waals surface area (Å²) in [5, 5.41) is 12.4. The molecule has 0 bridgehead atoms. The lowest BCUT2D eigenvalue weighted by Gasteiger charge is -2.08. The third kappa shape index (κ3) is 3.75. The largest absolute Gasteiger partial charge is 0.466 e. The van der Waals surface area contributed by atoms with Gasteiger partial charge in [0.2, 0.25) is 0 Å². The van der Waals surface area contributed by atoms with E-state index in [0.717, 1.165) is 11.0 Å². The normalized spacial score (nSPS) is 12.1. The van der Waals surface area contributed by atoms with Crippen molar-refractivity contribution in [2.75, 3.05) is 11.9 Å². The van der Waals surface area contributed by atoms with E-state index >= 15 is 0 Å². The highest BCUT2D eigenvalue weighted by Gasteiger charge is 2.12. The first-order chi connectivity index (χ1) is 9.19. The highest BCUT2D eigenvalue weighted by atomic mass is 32.1. The minimum atomic E-state index is -0.261. The van der Waals surface area contributed by atoms with Gasteiger partial charge in [-0.25, -0.2) is 9.97 Å². The molecule has 1 atom stereocenters. The second-order valence-electron chi connectivity index (χ2n) is 3.86. The summed E-state index contributed by atoms with van der Waals surface area (Å²) in [6.45, 7) is 4.12. The van der Waals surface area contributed by atoms with Gasteiger partial charge >= 0.3 is 5.97 Å². The molecule has 2 aromatic heterocycles. The van der Waals surface area contributed by atoms with Gasteiger partial charge in [-0.05, 0) is 13.8 Å². The molecule has 0 aliphatic rings. The van der Waals surface area contributed by atoms with Crippen molar-refractivity contribution in [3.05, 3.63) is 23.2 Å². The van der Waals surface area contributed by atoms with Crippen molar-refractivity contribution in [3.8, 4) is 0 Å². The Morgan fingerprint density at radius 1 is 1.63 bits per heavy atom. The van der Waals surface area contributed by atoms with E-state index in [1.807, 2.05) is 12.3 Å². The third-order valence-electron chi connectivity index (χ3n) is 2.37. The maximum Gasteiger partial charge on any atom is 0.311 e. The maximum absolute atomic E-state index is 11.3. The van der Waals surface area contributed by atoms with E-state index in [4.69, 9.17) is 4.74 Å². The molecule has 0 fully saturated rings.